The first-order valence-corrected chi connectivity index (χ1v) is 14.9. The van der Waals surface area contributed by atoms with Crippen molar-refractivity contribution in [2.24, 2.45) is 4.99 Å². The molecular formula is C29H36N6O5S. The van der Waals surface area contributed by atoms with Crippen LogP contribution in [0, 0.1) is 34.6 Å². The van der Waals surface area contributed by atoms with Crippen LogP contribution in [-0.2, 0) is 21.2 Å². The minimum Gasteiger partial charge on any atom is -0.480 e. The maximum Gasteiger partial charge on any atom is 0.322 e. The lowest BCUT2D eigenvalue weighted by molar-refractivity contribution is -0.139. The molecular weight excluding hydrogens is 544 g/mol. The standard InChI is InChI=1S/C29H36N6O5S/c1-16-17(2)19(4)26(20(5)18(16)3)41(39,40)35-24(28(37)38)15-25-33-23-10-9-21(14-22(23)27(36)34-25)8-6-7-11-30-29-31-12-13-32-29/h6,8-10,14,24,35H,7,11-13,15H2,1-5H3,(H,37,38)(H2,30,31,32)(H,33,34,36)/t24-/m0/s1. The summed E-state index contributed by atoms with van der Waals surface area (Å²) in [5.41, 5.74) is 4.58. The number of hydrogen-bond donors (Lipinski definition) is 5. The monoisotopic (exact) mass is 580 g/mol. The summed E-state index contributed by atoms with van der Waals surface area (Å²) < 4.78 is 29.2. The van der Waals surface area contributed by atoms with Gasteiger partial charge in [-0.1, -0.05) is 18.2 Å². The molecule has 2 aromatic carbocycles. The van der Waals surface area contributed by atoms with E-state index in [2.05, 4.69) is 30.3 Å². The first-order valence-electron chi connectivity index (χ1n) is 13.4. The van der Waals surface area contributed by atoms with Crippen LogP contribution in [-0.4, -0.2) is 61.1 Å². The van der Waals surface area contributed by atoms with Gasteiger partial charge in [0.1, 0.15) is 11.9 Å². The highest BCUT2D eigenvalue weighted by Gasteiger charge is 2.30. The SMILES string of the molecule is Cc1c(C)c(C)c(S(=O)(=O)N[C@@H](Cc2nc3ccc(C=CCCNC4=NCCN4)cc3c(=O)[nH]2)C(=O)O)c(C)c1C. The van der Waals surface area contributed by atoms with Gasteiger partial charge < -0.3 is 20.7 Å². The third-order valence-electron chi connectivity index (χ3n) is 7.56. The number of aromatic amines is 1. The Morgan fingerprint density at radius 2 is 1.78 bits per heavy atom. The van der Waals surface area contributed by atoms with E-state index in [1.165, 1.54) is 0 Å². The summed E-state index contributed by atoms with van der Waals surface area (Å²) >= 11 is 0. The molecule has 0 fully saturated rings. The number of carbonyl (C=O) groups is 1. The van der Waals surface area contributed by atoms with Gasteiger partial charge in [-0.3, -0.25) is 14.6 Å². The van der Waals surface area contributed by atoms with Gasteiger partial charge in [-0.2, -0.15) is 4.72 Å². The molecule has 2 heterocycles. The topological polar surface area (TPSA) is 166 Å². The molecule has 12 heteroatoms. The smallest absolute Gasteiger partial charge is 0.322 e. The number of carboxylic acids is 1. The van der Waals surface area contributed by atoms with E-state index in [0.717, 1.165) is 54.3 Å². The highest BCUT2D eigenvalue weighted by atomic mass is 32.2. The summed E-state index contributed by atoms with van der Waals surface area (Å²) in [6, 6.07) is 3.68. The molecule has 0 saturated heterocycles. The Morgan fingerprint density at radius 3 is 2.41 bits per heavy atom. The zero-order valence-corrected chi connectivity index (χ0v) is 24.7. The van der Waals surface area contributed by atoms with Crippen molar-refractivity contribution in [2.75, 3.05) is 19.6 Å². The summed E-state index contributed by atoms with van der Waals surface area (Å²) in [7, 11) is -4.20. The van der Waals surface area contributed by atoms with E-state index < -0.39 is 27.6 Å². The van der Waals surface area contributed by atoms with Gasteiger partial charge in [0.15, 0.2) is 5.96 Å². The van der Waals surface area contributed by atoms with Gasteiger partial charge >= 0.3 is 5.97 Å². The number of benzene rings is 2. The zero-order chi connectivity index (χ0) is 29.9. The minimum atomic E-state index is -4.20. The van der Waals surface area contributed by atoms with Crippen LogP contribution in [0.1, 0.15) is 45.6 Å². The molecule has 0 radical (unpaired) electrons. The number of guanidine groups is 1. The van der Waals surface area contributed by atoms with Crippen LogP contribution in [0.15, 0.2) is 39.0 Å². The number of rotatable bonds is 10. The predicted octanol–water partition coefficient (Wildman–Crippen LogP) is 2.39. The molecule has 0 spiro atoms. The van der Waals surface area contributed by atoms with Gasteiger partial charge in [-0.25, -0.2) is 13.4 Å². The first-order chi connectivity index (χ1) is 19.4. The molecule has 41 heavy (non-hydrogen) atoms. The van der Waals surface area contributed by atoms with E-state index in [1.54, 1.807) is 26.0 Å². The quantitative estimate of drug-likeness (QED) is 0.228. The summed E-state index contributed by atoms with van der Waals surface area (Å²) in [6.07, 6.45) is 4.33. The number of nitrogens with one attached hydrogen (secondary N) is 4. The third-order valence-corrected chi connectivity index (χ3v) is 9.30. The molecule has 11 nitrogen and oxygen atoms in total. The van der Waals surface area contributed by atoms with Gasteiger partial charge in [0, 0.05) is 19.5 Å². The number of H-pyrrole nitrogens is 1. The molecule has 0 bridgehead atoms. The van der Waals surface area contributed by atoms with E-state index in [0.29, 0.717) is 22.0 Å². The summed E-state index contributed by atoms with van der Waals surface area (Å²) in [5.74, 6) is -0.501. The van der Waals surface area contributed by atoms with Gasteiger partial charge in [0.25, 0.3) is 5.56 Å². The number of aliphatic imine (C=N–C) groups is 1. The Labute approximate surface area is 239 Å². The first kappa shape index (κ1) is 29.9. The van der Waals surface area contributed by atoms with Gasteiger partial charge in [0.2, 0.25) is 10.0 Å². The maximum atomic E-state index is 13.4. The molecule has 0 aliphatic carbocycles. The van der Waals surface area contributed by atoms with Crippen molar-refractivity contribution in [2.45, 2.75) is 58.4 Å². The third kappa shape index (κ3) is 6.66. The lowest BCUT2D eigenvalue weighted by atomic mass is 9.95. The van der Waals surface area contributed by atoms with Crippen molar-refractivity contribution in [3.05, 3.63) is 73.8 Å². The molecule has 1 aromatic heterocycles. The Hall–Kier alpha value is -4.03. The average molecular weight is 581 g/mol. The summed E-state index contributed by atoms with van der Waals surface area (Å²) in [6.45, 7) is 11.4. The molecule has 4 rings (SSSR count). The molecule has 0 amide bonds. The fourth-order valence-electron chi connectivity index (χ4n) is 4.90. The normalized spacial score (nSPS) is 14.3. The predicted molar refractivity (Wildman–Crippen MR) is 160 cm³/mol. The number of fused-ring (bicyclic) bond motifs is 1. The van der Waals surface area contributed by atoms with Crippen LogP contribution in [0.5, 0.6) is 0 Å². The second kappa shape index (κ2) is 12.2. The molecule has 218 valence electrons. The molecule has 1 aliphatic heterocycles. The Bertz CT molecular complexity index is 1700. The largest absolute Gasteiger partial charge is 0.480 e. The van der Waals surface area contributed by atoms with Crippen molar-refractivity contribution >= 4 is 38.9 Å². The van der Waals surface area contributed by atoms with Crippen LogP contribution in [0.2, 0.25) is 0 Å². The lowest BCUT2D eigenvalue weighted by Crippen LogP contribution is -2.43. The average Bonchev–Trinajstić information content (AvgIpc) is 3.44. The Kier molecular flexibility index (Phi) is 8.93. The van der Waals surface area contributed by atoms with E-state index >= 15 is 0 Å². The van der Waals surface area contributed by atoms with E-state index in [9.17, 15) is 23.1 Å². The zero-order valence-electron chi connectivity index (χ0n) is 23.9. The molecule has 5 N–H and O–H groups in total. The van der Waals surface area contributed by atoms with Crippen LogP contribution in [0.4, 0.5) is 0 Å². The number of nitrogens with zero attached hydrogens (tertiary/aromatic N) is 2. The van der Waals surface area contributed by atoms with Crippen LogP contribution >= 0.6 is 0 Å². The van der Waals surface area contributed by atoms with Gasteiger partial charge in [0.05, 0.1) is 22.3 Å². The number of sulfonamides is 1. The van der Waals surface area contributed by atoms with Crippen molar-refractivity contribution < 1.29 is 18.3 Å². The van der Waals surface area contributed by atoms with Gasteiger partial charge in [-0.15, -0.1) is 0 Å². The van der Waals surface area contributed by atoms with Gasteiger partial charge in [-0.05, 0) is 86.6 Å². The van der Waals surface area contributed by atoms with Crippen LogP contribution in [0.25, 0.3) is 17.0 Å². The van der Waals surface area contributed by atoms with Crippen molar-refractivity contribution in [1.29, 1.82) is 0 Å². The molecule has 0 unspecified atom stereocenters. The maximum absolute atomic E-state index is 13.4. The molecule has 3 aromatic rings. The van der Waals surface area contributed by atoms with E-state index in [-0.39, 0.29) is 17.1 Å². The number of aromatic nitrogens is 2. The summed E-state index contributed by atoms with van der Waals surface area (Å²) in [5, 5.41) is 16.6. The Morgan fingerprint density at radius 1 is 1.10 bits per heavy atom. The number of carboxylic acid groups (broad SMARTS) is 1. The fourth-order valence-corrected chi connectivity index (χ4v) is 6.69. The second-order valence-electron chi connectivity index (χ2n) is 10.2. The highest BCUT2D eigenvalue weighted by molar-refractivity contribution is 7.89. The fraction of sp³-hybridized carbons (Fsp3) is 0.379. The number of aliphatic carboxylic acids is 1. The summed E-state index contributed by atoms with van der Waals surface area (Å²) in [4.78, 5) is 36.4. The van der Waals surface area contributed by atoms with Crippen molar-refractivity contribution in [3.8, 4) is 0 Å². The van der Waals surface area contributed by atoms with E-state index in [4.69, 9.17) is 0 Å². The highest BCUT2D eigenvalue weighted by Crippen LogP contribution is 2.29. The minimum absolute atomic E-state index is 0.0695. The molecule has 1 aliphatic rings. The van der Waals surface area contributed by atoms with E-state index in [1.807, 2.05) is 39.0 Å². The van der Waals surface area contributed by atoms with Crippen molar-refractivity contribution in [3.63, 3.8) is 0 Å². The number of hydrogen-bond acceptors (Lipinski definition) is 8. The Balaban J connectivity index is 1.52. The van der Waals surface area contributed by atoms with Crippen molar-refractivity contribution in [1.82, 2.24) is 25.3 Å². The lowest BCUT2D eigenvalue weighted by Gasteiger charge is -2.21. The van der Waals surface area contributed by atoms with Crippen LogP contribution in [0.3, 0.4) is 0 Å². The molecule has 1 atom stereocenters. The molecule has 0 saturated carbocycles. The van der Waals surface area contributed by atoms with Crippen LogP contribution < -0.4 is 20.9 Å². The second-order valence-corrected chi connectivity index (χ2v) is 11.9.